The second-order valence-electron chi connectivity index (χ2n) is 2.59. The van der Waals surface area contributed by atoms with Gasteiger partial charge in [-0.3, -0.25) is 0 Å². The normalized spacial score (nSPS) is 12.2. The number of benzene rings is 1. The molecular formula is C9H4F3S. The first-order valence-electron chi connectivity index (χ1n) is 3.55. The fraction of sp³-hybridized carbons (Fsp3) is 0.111. The van der Waals surface area contributed by atoms with E-state index in [1.54, 1.807) is 12.1 Å². The molecule has 0 aliphatic rings. The minimum atomic E-state index is -4.27. The second kappa shape index (κ2) is 2.73. The van der Waals surface area contributed by atoms with Crippen LogP contribution in [0.1, 0.15) is 5.56 Å². The molecule has 4 heteroatoms. The Hall–Kier alpha value is -1.03. The number of rotatable bonds is 0. The number of halogens is 3. The molecule has 0 saturated carbocycles. The minimum absolute atomic E-state index is 0.259. The van der Waals surface area contributed by atoms with Crippen LogP contribution in [-0.4, -0.2) is 0 Å². The van der Waals surface area contributed by atoms with E-state index in [4.69, 9.17) is 0 Å². The van der Waals surface area contributed by atoms with Gasteiger partial charge in [0.1, 0.15) is 0 Å². The number of hydrogen-bond acceptors (Lipinski definition) is 1. The molecule has 0 bridgehead atoms. The number of hydrogen-bond donors (Lipinski definition) is 0. The topological polar surface area (TPSA) is 0 Å². The Bertz CT molecular complexity index is 428. The summed E-state index contributed by atoms with van der Waals surface area (Å²) in [7, 11) is 0. The van der Waals surface area contributed by atoms with E-state index in [2.05, 4.69) is 5.38 Å². The molecule has 2 rings (SSSR count). The number of thiophene rings is 1. The Balaban J connectivity index is 2.75. The van der Waals surface area contributed by atoms with Crippen molar-refractivity contribution < 1.29 is 13.2 Å². The third-order valence-corrected chi connectivity index (χ3v) is 2.62. The van der Waals surface area contributed by atoms with Crippen LogP contribution in [0.25, 0.3) is 10.1 Å². The smallest absolute Gasteiger partial charge is 0.166 e. The monoisotopic (exact) mass is 201 g/mol. The Kier molecular flexibility index (Phi) is 1.80. The van der Waals surface area contributed by atoms with E-state index in [0.29, 0.717) is 5.39 Å². The van der Waals surface area contributed by atoms with E-state index in [-0.39, 0.29) is 4.70 Å². The maximum absolute atomic E-state index is 12.4. The lowest BCUT2D eigenvalue weighted by Gasteiger charge is -2.06. The van der Waals surface area contributed by atoms with Gasteiger partial charge in [0, 0.05) is 10.1 Å². The highest BCUT2D eigenvalue weighted by molar-refractivity contribution is 7.16. The average molecular weight is 201 g/mol. The lowest BCUT2D eigenvalue weighted by Crippen LogP contribution is -2.04. The van der Waals surface area contributed by atoms with Gasteiger partial charge in [-0.2, -0.15) is 13.2 Å². The van der Waals surface area contributed by atoms with Gasteiger partial charge in [0.2, 0.25) is 0 Å². The average Bonchev–Trinajstić information content (AvgIpc) is 2.48. The van der Waals surface area contributed by atoms with Gasteiger partial charge in [-0.15, -0.1) is 11.3 Å². The van der Waals surface area contributed by atoms with E-state index in [0.717, 1.165) is 17.4 Å². The molecule has 0 unspecified atom stereocenters. The SMILES string of the molecule is FC(F)(F)c1cccc2c[c]sc12. The summed E-state index contributed by atoms with van der Waals surface area (Å²) in [5.41, 5.74) is -0.573. The van der Waals surface area contributed by atoms with Crippen molar-refractivity contribution in [2.45, 2.75) is 6.18 Å². The molecule has 0 aliphatic heterocycles. The first-order chi connectivity index (χ1) is 6.09. The second-order valence-corrected chi connectivity index (χ2v) is 3.43. The summed E-state index contributed by atoms with van der Waals surface area (Å²) in [6.45, 7) is 0. The van der Waals surface area contributed by atoms with Crippen molar-refractivity contribution in [2.75, 3.05) is 0 Å². The van der Waals surface area contributed by atoms with Gasteiger partial charge in [-0.25, -0.2) is 0 Å². The number of alkyl halides is 3. The van der Waals surface area contributed by atoms with Gasteiger partial charge in [0.05, 0.1) is 5.56 Å². The summed E-state index contributed by atoms with van der Waals surface area (Å²) in [5, 5.41) is 3.29. The molecule has 0 aliphatic carbocycles. The van der Waals surface area contributed by atoms with Gasteiger partial charge in [-0.05, 0) is 17.5 Å². The molecule has 0 spiro atoms. The van der Waals surface area contributed by atoms with Crippen LogP contribution in [0.15, 0.2) is 24.3 Å². The molecular weight excluding hydrogens is 197 g/mol. The van der Waals surface area contributed by atoms with Crippen molar-refractivity contribution in [1.82, 2.24) is 0 Å². The Labute approximate surface area is 76.6 Å². The standard InChI is InChI=1S/C9H4F3S/c10-9(11,12)7-3-1-2-6-4-5-13-8(6)7/h1-4H. The van der Waals surface area contributed by atoms with Gasteiger partial charge < -0.3 is 0 Å². The van der Waals surface area contributed by atoms with E-state index in [1.165, 1.54) is 6.07 Å². The molecule has 0 saturated heterocycles. The van der Waals surface area contributed by atoms with Crippen LogP contribution >= 0.6 is 11.3 Å². The lowest BCUT2D eigenvalue weighted by molar-refractivity contribution is -0.136. The fourth-order valence-electron chi connectivity index (χ4n) is 1.16. The largest absolute Gasteiger partial charge is 0.417 e. The van der Waals surface area contributed by atoms with Crippen LogP contribution in [0.5, 0.6) is 0 Å². The minimum Gasteiger partial charge on any atom is -0.166 e. The molecule has 1 aromatic carbocycles. The molecule has 13 heavy (non-hydrogen) atoms. The lowest BCUT2D eigenvalue weighted by atomic mass is 10.1. The van der Waals surface area contributed by atoms with E-state index < -0.39 is 11.7 Å². The summed E-state index contributed by atoms with van der Waals surface area (Å²) in [5.74, 6) is 0. The third kappa shape index (κ3) is 1.42. The Morgan fingerprint density at radius 3 is 2.69 bits per heavy atom. The first kappa shape index (κ1) is 8.56. The van der Waals surface area contributed by atoms with Crippen LogP contribution in [-0.2, 0) is 6.18 Å². The van der Waals surface area contributed by atoms with Crippen molar-refractivity contribution in [1.29, 1.82) is 0 Å². The Morgan fingerprint density at radius 1 is 1.23 bits per heavy atom. The highest BCUT2D eigenvalue weighted by atomic mass is 32.1. The predicted molar refractivity (Wildman–Crippen MR) is 45.7 cm³/mol. The molecule has 1 heterocycles. The van der Waals surface area contributed by atoms with Crippen molar-refractivity contribution in [3.05, 3.63) is 35.2 Å². The summed E-state index contributed by atoms with van der Waals surface area (Å²) in [4.78, 5) is 0. The Morgan fingerprint density at radius 2 is 2.00 bits per heavy atom. The molecule has 67 valence electrons. The van der Waals surface area contributed by atoms with Crippen LogP contribution in [0.4, 0.5) is 13.2 Å². The zero-order chi connectivity index (χ0) is 9.47. The molecule has 1 aromatic heterocycles. The summed E-state index contributed by atoms with van der Waals surface area (Å²) >= 11 is 0.996. The van der Waals surface area contributed by atoms with Crippen LogP contribution in [0.2, 0.25) is 0 Å². The maximum atomic E-state index is 12.4. The van der Waals surface area contributed by atoms with E-state index in [9.17, 15) is 13.2 Å². The quantitative estimate of drug-likeness (QED) is 0.609. The maximum Gasteiger partial charge on any atom is 0.417 e. The highest BCUT2D eigenvalue weighted by Crippen LogP contribution is 2.36. The van der Waals surface area contributed by atoms with Crippen molar-refractivity contribution in [3.8, 4) is 0 Å². The number of fused-ring (bicyclic) bond motifs is 1. The molecule has 2 aromatic rings. The summed E-state index contributed by atoms with van der Waals surface area (Å²) < 4.78 is 37.4. The molecule has 0 fully saturated rings. The molecule has 0 nitrogen and oxygen atoms in total. The highest BCUT2D eigenvalue weighted by Gasteiger charge is 2.32. The van der Waals surface area contributed by atoms with Crippen LogP contribution in [0.3, 0.4) is 0 Å². The van der Waals surface area contributed by atoms with Gasteiger partial charge in [0.15, 0.2) is 0 Å². The van der Waals surface area contributed by atoms with Crippen molar-refractivity contribution in [2.24, 2.45) is 0 Å². The summed E-state index contributed by atoms with van der Waals surface area (Å²) in [6.07, 6.45) is -4.27. The van der Waals surface area contributed by atoms with Gasteiger partial charge in [0.25, 0.3) is 0 Å². The van der Waals surface area contributed by atoms with E-state index >= 15 is 0 Å². The van der Waals surface area contributed by atoms with Gasteiger partial charge in [-0.1, -0.05) is 12.1 Å². The first-order valence-corrected chi connectivity index (χ1v) is 4.36. The van der Waals surface area contributed by atoms with Crippen LogP contribution in [0, 0.1) is 5.38 Å². The fourth-order valence-corrected chi connectivity index (χ4v) is 2.00. The van der Waals surface area contributed by atoms with E-state index in [1.807, 2.05) is 0 Å². The zero-order valence-electron chi connectivity index (χ0n) is 6.35. The predicted octanol–water partition coefficient (Wildman–Crippen LogP) is 3.72. The van der Waals surface area contributed by atoms with Gasteiger partial charge >= 0.3 is 6.18 Å². The van der Waals surface area contributed by atoms with Crippen LogP contribution < -0.4 is 0 Å². The molecule has 0 amide bonds. The van der Waals surface area contributed by atoms with Crippen molar-refractivity contribution >= 4 is 21.4 Å². The van der Waals surface area contributed by atoms with Crippen molar-refractivity contribution in [3.63, 3.8) is 0 Å². The molecule has 1 radical (unpaired) electrons. The molecule has 0 atom stereocenters. The molecule has 0 N–H and O–H groups in total. The zero-order valence-corrected chi connectivity index (χ0v) is 7.17. The summed E-state index contributed by atoms with van der Waals surface area (Å²) in [6, 6.07) is 5.71. The third-order valence-electron chi connectivity index (χ3n) is 1.73.